The van der Waals surface area contributed by atoms with Gasteiger partial charge in [-0.05, 0) is 57.5 Å². The number of rotatable bonds is 7. The molecule has 3 heterocycles. The van der Waals surface area contributed by atoms with Crippen molar-refractivity contribution in [3.05, 3.63) is 42.0 Å². The Morgan fingerprint density at radius 1 is 1.00 bits per heavy atom. The maximum atomic E-state index is 12.7. The number of carbonyl (C=O) groups is 3. The maximum Gasteiger partial charge on any atom is 0.273 e. The summed E-state index contributed by atoms with van der Waals surface area (Å²) in [5.74, 6) is -3.88. The van der Waals surface area contributed by atoms with E-state index in [2.05, 4.69) is 16.2 Å². The van der Waals surface area contributed by atoms with Gasteiger partial charge in [0.25, 0.3) is 11.8 Å². The largest absolute Gasteiger partial charge is 0.507 e. The lowest BCUT2D eigenvalue weighted by Gasteiger charge is -2.29. The second-order valence-electron chi connectivity index (χ2n) is 11.2. The molecule has 41 heavy (non-hydrogen) atoms. The van der Waals surface area contributed by atoms with Crippen LogP contribution in [0.3, 0.4) is 0 Å². The molecule has 0 saturated carbocycles. The summed E-state index contributed by atoms with van der Waals surface area (Å²) >= 11 is 0. The normalized spacial score (nSPS) is 28.7. The zero-order chi connectivity index (χ0) is 29.5. The summed E-state index contributed by atoms with van der Waals surface area (Å²) in [4.78, 5) is 37.8. The highest BCUT2D eigenvalue weighted by Gasteiger charge is 2.59. The van der Waals surface area contributed by atoms with Crippen LogP contribution in [-0.2, 0) is 38.0 Å². The number of aromatic hydroxyl groups is 1. The monoisotopic (exact) mass is 573 g/mol. The Labute approximate surface area is 236 Å². The van der Waals surface area contributed by atoms with Crippen LogP contribution in [0.25, 0.3) is 10.8 Å². The Hall–Kier alpha value is -3.33. The number of phenols is 1. The summed E-state index contributed by atoms with van der Waals surface area (Å²) in [6.07, 6.45) is -3.08. The summed E-state index contributed by atoms with van der Waals surface area (Å²) in [6, 6.07) is 9.19. The zero-order valence-corrected chi connectivity index (χ0v) is 23.5. The fourth-order valence-corrected chi connectivity index (χ4v) is 5.10. The number of benzene rings is 2. The number of hydrogen-bond acceptors (Lipinski definition) is 10. The molecule has 3 fully saturated rings. The average molecular weight is 574 g/mol. The smallest absolute Gasteiger partial charge is 0.273 e. The van der Waals surface area contributed by atoms with Crippen LogP contribution in [0.1, 0.15) is 45.0 Å². The van der Waals surface area contributed by atoms with Crippen molar-refractivity contribution >= 4 is 28.5 Å². The highest BCUT2D eigenvalue weighted by Crippen LogP contribution is 2.41. The van der Waals surface area contributed by atoms with Gasteiger partial charge < -0.3 is 38.8 Å². The Morgan fingerprint density at radius 3 is 2.39 bits per heavy atom. The molecule has 13 heteroatoms. The van der Waals surface area contributed by atoms with Crippen LogP contribution in [0.4, 0.5) is 0 Å². The molecule has 222 valence electrons. The first-order valence-corrected chi connectivity index (χ1v) is 13.4. The molecular formula is C28H35N3O10. The van der Waals surface area contributed by atoms with Crippen LogP contribution in [-0.4, -0.2) is 84.4 Å². The van der Waals surface area contributed by atoms with Crippen molar-refractivity contribution in [2.45, 2.75) is 82.9 Å². The highest BCUT2D eigenvalue weighted by molar-refractivity contribution is 6.02. The topological polar surface area (TPSA) is 163 Å². The quantitative estimate of drug-likeness (QED) is 0.354. The van der Waals surface area contributed by atoms with Gasteiger partial charge in [0.05, 0.1) is 12.2 Å². The van der Waals surface area contributed by atoms with E-state index in [0.29, 0.717) is 0 Å². The molecule has 0 radical (unpaired) electrons. The molecule has 3 amide bonds. The molecule has 3 saturated heterocycles. The molecular weight excluding hydrogens is 538 g/mol. The average Bonchev–Trinajstić information content (AvgIpc) is 3.53. The summed E-state index contributed by atoms with van der Waals surface area (Å²) in [5, 5.41) is 14.3. The first-order valence-electron chi connectivity index (χ1n) is 13.4. The lowest BCUT2D eigenvalue weighted by Crippen LogP contribution is -2.52. The molecule has 3 aliphatic heterocycles. The number of hydrazine groups is 1. The first kappa shape index (κ1) is 29.2. The van der Waals surface area contributed by atoms with E-state index in [1.165, 1.54) is 19.1 Å². The fraction of sp³-hybridized carbons (Fsp3) is 0.536. The predicted molar refractivity (Wildman–Crippen MR) is 142 cm³/mol. The van der Waals surface area contributed by atoms with Crippen LogP contribution >= 0.6 is 0 Å². The summed E-state index contributed by atoms with van der Waals surface area (Å²) < 4.78 is 35.4. The van der Waals surface area contributed by atoms with Gasteiger partial charge in [0.15, 0.2) is 17.9 Å². The lowest BCUT2D eigenvalue weighted by atomic mass is 10.1. The molecule has 3 aliphatic rings. The maximum absolute atomic E-state index is 12.7. The summed E-state index contributed by atoms with van der Waals surface area (Å²) in [6.45, 7) is 8.42. The third-order valence-electron chi connectivity index (χ3n) is 7.01. The summed E-state index contributed by atoms with van der Waals surface area (Å²) in [7, 11) is 0. The SMILES string of the molecule is C[C@@H](NC(=O)CO[C@@H]1[C@H]2OC(C)(C)O[C@H]2O[C@@H]1[C@@H]1COC(C)(C)O1)C(=O)NNC(=O)c1cc2ccccc2cc1O. The van der Waals surface area contributed by atoms with Crippen molar-refractivity contribution in [3.63, 3.8) is 0 Å². The number of fused-ring (bicyclic) bond motifs is 2. The third kappa shape index (κ3) is 6.45. The second kappa shape index (κ2) is 11.2. The molecule has 0 bridgehead atoms. The van der Waals surface area contributed by atoms with Gasteiger partial charge in [-0.1, -0.05) is 24.3 Å². The van der Waals surface area contributed by atoms with Gasteiger partial charge in [0.1, 0.15) is 42.8 Å². The van der Waals surface area contributed by atoms with Crippen molar-refractivity contribution in [2.75, 3.05) is 13.2 Å². The Balaban J connectivity index is 1.13. The van der Waals surface area contributed by atoms with Crippen molar-refractivity contribution in [1.82, 2.24) is 16.2 Å². The molecule has 0 unspecified atom stereocenters. The molecule has 0 spiro atoms. The second-order valence-corrected chi connectivity index (χ2v) is 11.2. The van der Waals surface area contributed by atoms with Gasteiger partial charge in [-0.2, -0.15) is 0 Å². The molecule has 0 aliphatic carbocycles. The molecule has 2 aromatic carbocycles. The van der Waals surface area contributed by atoms with Crippen LogP contribution in [0.2, 0.25) is 0 Å². The van der Waals surface area contributed by atoms with Gasteiger partial charge in [0.2, 0.25) is 5.91 Å². The van der Waals surface area contributed by atoms with E-state index in [9.17, 15) is 19.5 Å². The van der Waals surface area contributed by atoms with Crippen LogP contribution < -0.4 is 16.2 Å². The van der Waals surface area contributed by atoms with Crippen molar-refractivity contribution in [1.29, 1.82) is 0 Å². The van der Waals surface area contributed by atoms with E-state index in [4.69, 9.17) is 28.4 Å². The number of hydrogen-bond donors (Lipinski definition) is 4. The number of ether oxygens (including phenoxy) is 6. The summed E-state index contributed by atoms with van der Waals surface area (Å²) in [5.41, 5.74) is 4.50. The third-order valence-corrected chi connectivity index (χ3v) is 7.01. The molecule has 4 N–H and O–H groups in total. The van der Waals surface area contributed by atoms with Crippen molar-refractivity contribution in [2.24, 2.45) is 0 Å². The molecule has 6 atom stereocenters. The van der Waals surface area contributed by atoms with Gasteiger partial charge in [0, 0.05) is 0 Å². The number of phenolic OH excluding ortho intramolecular Hbond substituents is 1. The zero-order valence-electron chi connectivity index (χ0n) is 23.5. The van der Waals surface area contributed by atoms with E-state index < -0.39 is 72.7 Å². The minimum atomic E-state index is -1.02. The van der Waals surface area contributed by atoms with E-state index in [1.807, 2.05) is 12.1 Å². The van der Waals surface area contributed by atoms with Crippen molar-refractivity contribution < 1.29 is 47.9 Å². The van der Waals surface area contributed by atoms with Crippen LogP contribution in [0.15, 0.2) is 36.4 Å². The van der Waals surface area contributed by atoms with E-state index in [-0.39, 0.29) is 17.9 Å². The van der Waals surface area contributed by atoms with Crippen LogP contribution in [0.5, 0.6) is 5.75 Å². The highest BCUT2D eigenvalue weighted by atomic mass is 16.8. The van der Waals surface area contributed by atoms with Gasteiger partial charge >= 0.3 is 0 Å². The number of nitrogens with one attached hydrogen (secondary N) is 3. The number of carbonyl (C=O) groups excluding carboxylic acids is 3. The van der Waals surface area contributed by atoms with Gasteiger partial charge in [-0.25, -0.2) is 0 Å². The fourth-order valence-electron chi connectivity index (χ4n) is 5.10. The van der Waals surface area contributed by atoms with E-state index in [1.54, 1.807) is 39.8 Å². The molecule has 2 aromatic rings. The molecule has 0 aromatic heterocycles. The lowest BCUT2D eigenvalue weighted by molar-refractivity contribution is -0.235. The predicted octanol–water partition coefficient (Wildman–Crippen LogP) is 1.22. The Bertz CT molecular complexity index is 1330. The van der Waals surface area contributed by atoms with Crippen LogP contribution in [0, 0.1) is 0 Å². The number of amides is 3. The molecule has 5 rings (SSSR count). The first-order chi connectivity index (χ1) is 19.3. The Morgan fingerprint density at radius 2 is 1.71 bits per heavy atom. The van der Waals surface area contributed by atoms with Gasteiger partial charge in [-0.3, -0.25) is 25.2 Å². The Kier molecular flexibility index (Phi) is 7.94. The van der Waals surface area contributed by atoms with E-state index >= 15 is 0 Å². The van der Waals surface area contributed by atoms with E-state index in [0.717, 1.165) is 10.8 Å². The molecule has 13 nitrogen and oxygen atoms in total. The van der Waals surface area contributed by atoms with Crippen molar-refractivity contribution in [3.8, 4) is 5.75 Å². The standard InChI is InChI=1S/C28H35N3O10/c1-14(24(34)30-31-25(35)17-10-15-8-6-7-9-16(15)11-18(17)32)29-20(33)13-36-22-21(19-12-37-27(2,3)39-19)38-26-23(22)40-28(4,5)41-26/h6-11,14,19,21-23,26,32H,12-13H2,1-5H3,(H,29,33)(H,30,34)(H,31,35)/t14-,19+,21-,22+,23-,26-/m1/s1. The minimum Gasteiger partial charge on any atom is -0.507 e. The minimum absolute atomic E-state index is 0.0120. The van der Waals surface area contributed by atoms with Gasteiger partial charge in [-0.15, -0.1) is 0 Å².